The molecule has 3 heteroatoms. The molecule has 88 valence electrons. The van der Waals surface area contributed by atoms with E-state index >= 15 is 0 Å². The highest BCUT2D eigenvalue weighted by atomic mass is 79.9. The molecule has 0 aliphatic heterocycles. The molecule has 1 atom stereocenters. The van der Waals surface area contributed by atoms with E-state index in [0.29, 0.717) is 12.5 Å². The van der Waals surface area contributed by atoms with Crippen molar-refractivity contribution in [2.45, 2.75) is 12.3 Å². The number of benzene rings is 1. The Labute approximate surface area is 110 Å². The first-order valence-corrected chi connectivity index (χ1v) is 6.44. The van der Waals surface area contributed by atoms with E-state index in [2.05, 4.69) is 33.0 Å². The van der Waals surface area contributed by atoms with E-state index in [1.807, 2.05) is 36.5 Å². The van der Waals surface area contributed by atoms with Crippen molar-refractivity contribution in [1.82, 2.24) is 4.98 Å². The van der Waals surface area contributed by atoms with E-state index in [0.717, 1.165) is 16.6 Å². The van der Waals surface area contributed by atoms with Gasteiger partial charge in [0.1, 0.15) is 0 Å². The molecule has 0 saturated carbocycles. The summed E-state index contributed by atoms with van der Waals surface area (Å²) >= 11 is 3.39. The fourth-order valence-corrected chi connectivity index (χ4v) is 2.08. The molecule has 2 nitrogen and oxygen atoms in total. The van der Waals surface area contributed by atoms with Crippen LogP contribution in [0.15, 0.2) is 53.1 Å². The summed E-state index contributed by atoms with van der Waals surface area (Å²) in [6, 6.07) is 14.4. The molecule has 1 aromatic heterocycles. The summed E-state index contributed by atoms with van der Waals surface area (Å²) in [6.07, 6.45) is 2.71. The largest absolute Gasteiger partial charge is 0.330 e. The smallest absolute Gasteiger partial charge is 0.0413 e. The first kappa shape index (κ1) is 12.3. The maximum absolute atomic E-state index is 5.85. The van der Waals surface area contributed by atoms with Gasteiger partial charge in [-0.2, -0.15) is 0 Å². The average molecular weight is 291 g/mol. The van der Waals surface area contributed by atoms with Crippen LogP contribution in [0.1, 0.15) is 17.2 Å². The van der Waals surface area contributed by atoms with Gasteiger partial charge >= 0.3 is 0 Å². The van der Waals surface area contributed by atoms with E-state index in [1.165, 1.54) is 5.56 Å². The first-order chi connectivity index (χ1) is 8.29. The molecule has 1 aromatic carbocycles. The van der Waals surface area contributed by atoms with Crippen molar-refractivity contribution in [2.24, 2.45) is 5.73 Å². The van der Waals surface area contributed by atoms with Gasteiger partial charge in [0.25, 0.3) is 0 Å². The summed E-state index contributed by atoms with van der Waals surface area (Å²) < 4.78 is 1.00. The van der Waals surface area contributed by atoms with Crippen LogP contribution in [-0.2, 0) is 6.42 Å². The van der Waals surface area contributed by atoms with Crippen molar-refractivity contribution < 1.29 is 0 Å². The van der Waals surface area contributed by atoms with Gasteiger partial charge in [0.05, 0.1) is 0 Å². The number of nitrogens with two attached hydrogens (primary N) is 1. The highest BCUT2D eigenvalue weighted by Gasteiger charge is 2.10. The van der Waals surface area contributed by atoms with Gasteiger partial charge < -0.3 is 5.73 Å². The third kappa shape index (κ3) is 3.38. The number of hydrogen-bond donors (Lipinski definition) is 1. The molecule has 0 spiro atoms. The van der Waals surface area contributed by atoms with Crippen LogP contribution < -0.4 is 5.73 Å². The molecule has 0 saturated heterocycles. The van der Waals surface area contributed by atoms with E-state index in [1.54, 1.807) is 0 Å². The lowest BCUT2D eigenvalue weighted by Gasteiger charge is -2.14. The highest BCUT2D eigenvalue weighted by Crippen LogP contribution is 2.19. The van der Waals surface area contributed by atoms with Crippen molar-refractivity contribution >= 4 is 15.9 Å². The summed E-state index contributed by atoms with van der Waals surface area (Å²) in [7, 11) is 0. The average Bonchev–Trinajstić information content (AvgIpc) is 2.39. The number of aromatic nitrogens is 1. The summed E-state index contributed by atoms with van der Waals surface area (Å²) in [5.41, 5.74) is 8.20. The van der Waals surface area contributed by atoms with Crippen LogP contribution in [0.4, 0.5) is 0 Å². The molecule has 0 fully saturated rings. The van der Waals surface area contributed by atoms with Gasteiger partial charge in [-0.05, 0) is 46.6 Å². The zero-order chi connectivity index (χ0) is 12.1. The number of pyridine rings is 1. The molecule has 0 radical (unpaired) electrons. The summed E-state index contributed by atoms with van der Waals surface area (Å²) in [5.74, 6) is 0.338. The van der Waals surface area contributed by atoms with Crippen LogP contribution in [0.2, 0.25) is 0 Å². The van der Waals surface area contributed by atoms with Gasteiger partial charge in [0, 0.05) is 22.3 Å². The van der Waals surface area contributed by atoms with Gasteiger partial charge in [-0.3, -0.25) is 4.98 Å². The fraction of sp³-hybridized carbons (Fsp3) is 0.214. The monoisotopic (exact) mass is 290 g/mol. The van der Waals surface area contributed by atoms with Gasteiger partial charge in [0.2, 0.25) is 0 Å². The minimum atomic E-state index is 0.338. The van der Waals surface area contributed by atoms with Crippen LogP contribution in [0.5, 0.6) is 0 Å². The van der Waals surface area contributed by atoms with E-state index in [4.69, 9.17) is 5.73 Å². The molecule has 2 aromatic rings. The summed E-state index contributed by atoms with van der Waals surface area (Å²) in [5, 5.41) is 0. The number of hydrogen-bond acceptors (Lipinski definition) is 2. The normalized spacial score (nSPS) is 12.4. The molecule has 0 bridgehead atoms. The van der Waals surface area contributed by atoms with Crippen LogP contribution >= 0.6 is 15.9 Å². The van der Waals surface area contributed by atoms with Crippen LogP contribution in [0.25, 0.3) is 0 Å². The summed E-state index contributed by atoms with van der Waals surface area (Å²) in [6.45, 7) is 0.641. The molecular weight excluding hydrogens is 276 g/mol. The molecule has 1 unspecified atom stereocenters. The highest BCUT2D eigenvalue weighted by molar-refractivity contribution is 9.10. The maximum Gasteiger partial charge on any atom is 0.0413 e. The summed E-state index contributed by atoms with van der Waals surface area (Å²) in [4.78, 5) is 4.39. The van der Waals surface area contributed by atoms with Crippen LogP contribution in [0.3, 0.4) is 0 Å². The molecule has 2 N–H and O–H groups in total. The predicted molar refractivity (Wildman–Crippen MR) is 73.9 cm³/mol. The van der Waals surface area contributed by atoms with Crippen molar-refractivity contribution in [1.29, 1.82) is 0 Å². The Hall–Kier alpha value is -1.19. The van der Waals surface area contributed by atoms with Crippen LogP contribution in [0, 0.1) is 0 Å². The maximum atomic E-state index is 5.85. The zero-order valence-corrected chi connectivity index (χ0v) is 11.1. The fourth-order valence-electron chi connectivity index (χ4n) is 1.84. The second kappa shape index (κ2) is 5.94. The quantitative estimate of drug-likeness (QED) is 0.940. The lowest BCUT2D eigenvalue weighted by atomic mass is 9.94. The van der Waals surface area contributed by atoms with E-state index in [-0.39, 0.29) is 0 Å². The van der Waals surface area contributed by atoms with E-state index < -0.39 is 0 Å². The van der Waals surface area contributed by atoms with Gasteiger partial charge in [-0.25, -0.2) is 0 Å². The van der Waals surface area contributed by atoms with Crippen molar-refractivity contribution in [2.75, 3.05) is 6.54 Å². The topological polar surface area (TPSA) is 38.9 Å². The lowest BCUT2D eigenvalue weighted by molar-refractivity contribution is 0.682. The van der Waals surface area contributed by atoms with Crippen LogP contribution in [-0.4, -0.2) is 11.5 Å². The Morgan fingerprint density at radius 1 is 1.12 bits per heavy atom. The zero-order valence-electron chi connectivity index (χ0n) is 9.51. The van der Waals surface area contributed by atoms with Crippen molar-refractivity contribution in [3.05, 3.63) is 64.4 Å². The Balaban J connectivity index is 2.13. The molecular formula is C14H15BrN2. The second-order valence-electron chi connectivity index (χ2n) is 4.02. The Bertz CT molecular complexity index is 453. The Kier molecular flexibility index (Phi) is 4.29. The third-order valence-electron chi connectivity index (χ3n) is 2.80. The van der Waals surface area contributed by atoms with Gasteiger partial charge in [-0.15, -0.1) is 0 Å². The lowest BCUT2D eigenvalue weighted by Crippen LogP contribution is -2.15. The molecule has 0 aliphatic carbocycles. The minimum absolute atomic E-state index is 0.338. The number of rotatable bonds is 4. The molecule has 2 rings (SSSR count). The molecule has 0 amide bonds. The SMILES string of the molecule is NCC(Cc1ccc(Br)cn1)c1ccccc1. The minimum Gasteiger partial charge on any atom is -0.330 e. The predicted octanol–water partition coefficient (Wildman–Crippen LogP) is 3.13. The van der Waals surface area contributed by atoms with E-state index in [9.17, 15) is 0 Å². The first-order valence-electron chi connectivity index (χ1n) is 5.65. The van der Waals surface area contributed by atoms with Crippen molar-refractivity contribution in [3.63, 3.8) is 0 Å². The molecule has 0 aliphatic rings. The second-order valence-corrected chi connectivity index (χ2v) is 4.93. The third-order valence-corrected chi connectivity index (χ3v) is 3.27. The van der Waals surface area contributed by atoms with Gasteiger partial charge in [-0.1, -0.05) is 30.3 Å². The standard InChI is InChI=1S/C14H15BrN2/c15-13-6-7-14(17-10-13)8-12(9-16)11-4-2-1-3-5-11/h1-7,10,12H,8-9,16H2. The van der Waals surface area contributed by atoms with Gasteiger partial charge in [0.15, 0.2) is 0 Å². The molecule has 1 heterocycles. The Morgan fingerprint density at radius 3 is 2.47 bits per heavy atom. The van der Waals surface area contributed by atoms with Crippen molar-refractivity contribution in [3.8, 4) is 0 Å². The number of nitrogens with zero attached hydrogens (tertiary/aromatic N) is 1. The Morgan fingerprint density at radius 2 is 1.88 bits per heavy atom. The number of halogens is 1. The molecule has 17 heavy (non-hydrogen) atoms.